The highest BCUT2D eigenvalue weighted by molar-refractivity contribution is 7.12. The van der Waals surface area contributed by atoms with E-state index in [4.69, 9.17) is 4.98 Å². The molecule has 228 valence electrons. The number of nitrogens with one attached hydrogen (secondary N) is 2. The van der Waals surface area contributed by atoms with Gasteiger partial charge in [-0.1, -0.05) is 13.8 Å². The fraction of sp³-hybridized carbons (Fsp3) is 0.586. The van der Waals surface area contributed by atoms with Gasteiger partial charge in [-0.2, -0.15) is 18.3 Å². The maximum Gasteiger partial charge on any atom is 0.389 e. The molecule has 2 fully saturated rings. The molecular weight excluding hydrogens is 577 g/mol. The Morgan fingerprint density at radius 2 is 1.79 bits per heavy atom. The Morgan fingerprint density at radius 1 is 1.10 bits per heavy atom. The number of alkyl halides is 5. The number of imidazole rings is 1. The zero-order valence-corrected chi connectivity index (χ0v) is 24.2. The molecule has 2 amide bonds. The molecule has 7 nitrogen and oxygen atoms in total. The highest BCUT2D eigenvalue weighted by Gasteiger charge is 2.40. The van der Waals surface area contributed by atoms with Crippen LogP contribution in [-0.4, -0.2) is 38.5 Å². The molecule has 0 radical (unpaired) electrons. The van der Waals surface area contributed by atoms with Gasteiger partial charge in [0.15, 0.2) is 5.65 Å². The number of fused-ring (bicyclic) bond motifs is 1. The number of carbonyl (C=O) groups is 2. The van der Waals surface area contributed by atoms with E-state index in [9.17, 15) is 31.5 Å². The summed E-state index contributed by atoms with van der Waals surface area (Å²) >= 11 is 1.33. The summed E-state index contributed by atoms with van der Waals surface area (Å²) in [5.74, 6) is -3.73. The average molecular weight is 612 g/mol. The second-order valence-electron chi connectivity index (χ2n) is 11.8. The van der Waals surface area contributed by atoms with Crippen molar-refractivity contribution in [2.24, 2.45) is 11.8 Å². The van der Waals surface area contributed by atoms with Gasteiger partial charge in [-0.25, -0.2) is 18.3 Å². The zero-order chi connectivity index (χ0) is 30.2. The third kappa shape index (κ3) is 7.27. The van der Waals surface area contributed by atoms with Gasteiger partial charge in [-0.15, -0.1) is 11.3 Å². The summed E-state index contributed by atoms with van der Waals surface area (Å²) < 4.78 is 67.4. The average Bonchev–Trinajstić information content (AvgIpc) is 3.47. The number of halogens is 5. The summed E-state index contributed by atoms with van der Waals surface area (Å²) in [6.07, 6.45) is -1.47. The largest absolute Gasteiger partial charge is 0.389 e. The minimum Gasteiger partial charge on any atom is -0.349 e. The first kappa shape index (κ1) is 30.4. The number of rotatable bonds is 10. The fourth-order valence-corrected chi connectivity index (χ4v) is 6.58. The van der Waals surface area contributed by atoms with E-state index < -0.39 is 42.9 Å². The van der Waals surface area contributed by atoms with E-state index in [2.05, 4.69) is 15.7 Å². The summed E-state index contributed by atoms with van der Waals surface area (Å²) in [5.41, 5.74) is 2.46. The Kier molecular flexibility index (Phi) is 8.60. The molecule has 2 aliphatic carbocycles. The molecule has 2 saturated carbocycles. The third-order valence-corrected chi connectivity index (χ3v) is 9.06. The summed E-state index contributed by atoms with van der Waals surface area (Å²) in [4.78, 5) is 31.0. The first-order chi connectivity index (χ1) is 19.8. The van der Waals surface area contributed by atoms with E-state index in [0.29, 0.717) is 21.8 Å². The maximum atomic E-state index is 14.0. The number of thiophene rings is 1. The lowest BCUT2D eigenvalue weighted by Crippen LogP contribution is -2.37. The maximum absolute atomic E-state index is 14.0. The number of amides is 2. The van der Waals surface area contributed by atoms with Crippen LogP contribution in [0.5, 0.6) is 0 Å². The van der Waals surface area contributed by atoms with E-state index in [1.807, 2.05) is 25.3 Å². The van der Waals surface area contributed by atoms with Gasteiger partial charge in [0.25, 0.3) is 5.91 Å². The normalized spacial score (nSPS) is 19.1. The molecular formula is C29H34F5N5O2S. The lowest BCUT2D eigenvalue weighted by molar-refractivity contribution is -0.144. The van der Waals surface area contributed by atoms with Crippen LogP contribution in [0.4, 0.5) is 22.0 Å². The number of aromatic nitrogens is 3. The van der Waals surface area contributed by atoms with Crippen LogP contribution in [-0.2, 0) is 4.79 Å². The summed E-state index contributed by atoms with van der Waals surface area (Å²) in [5, 5.41) is 12.1. The van der Waals surface area contributed by atoms with E-state index in [1.165, 1.54) is 15.9 Å². The van der Waals surface area contributed by atoms with E-state index >= 15 is 0 Å². The highest BCUT2D eigenvalue weighted by Crippen LogP contribution is 2.43. The van der Waals surface area contributed by atoms with Gasteiger partial charge in [0.1, 0.15) is 0 Å². The molecule has 2 atom stereocenters. The van der Waals surface area contributed by atoms with Gasteiger partial charge in [0.2, 0.25) is 11.8 Å². The first-order valence-corrected chi connectivity index (χ1v) is 15.1. The number of hydrogen-bond donors (Lipinski definition) is 2. The second kappa shape index (κ2) is 11.9. The zero-order valence-electron chi connectivity index (χ0n) is 23.4. The van der Waals surface area contributed by atoms with Crippen LogP contribution in [0.1, 0.15) is 110 Å². The van der Waals surface area contributed by atoms with Crippen LogP contribution in [0.2, 0.25) is 0 Å². The predicted octanol–water partition coefficient (Wildman–Crippen LogP) is 7.12. The SMILES string of the molecule is CC(C)c1ccsc1C(=O)N[C@H](c1cn2ncc([C@H](NC(=O)CCC(F)(F)F)C3CC3)cc2n1)C1CCC(F)(F)CC1. The van der Waals surface area contributed by atoms with Crippen LogP contribution in [0.25, 0.3) is 5.65 Å². The molecule has 3 heterocycles. The Labute approximate surface area is 244 Å². The smallest absolute Gasteiger partial charge is 0.349 e. The fourth-order valence-electron chi connectivity index (χ4n) is 5.63. The lowest BCUT2D eigenvalue weighted by atomic mass is 9.81. The topological polar surface area (TPSA) is 88.4 Å². The van der Waals surface area contributed by atoms with E-state index in [1.54, 1.807) is 18.5 Å². The van der Waals surface area contributed by atoms with Crippen LogP contribution in [0.15, 0.2) is 29.9 Å². The highest BCUT2D eigenvalue weighted by atomic mass is 32.1. The van der Waals surface area contributed by atoms with Crippen molar-refractivity contribution in [1.82, 2.24) is 25.2 Å². The Bertz CT molecular complexity index is 1420. The van der Waals surface area contributed by atoms with Crippen molar-refractivity contribution in [2.75, 3.05) is 0 Å². The van der Waals surface area contributed by atoms with Gasteiger partial charge >= 0.3 is 6.18 Å². The van der Waals surface area contributed by atoms with Gasteiger partial charge in [-0.05, 0) is 72.1 Å². The molecule has 13 heteroatoms. The van der Waals surface area contributed by atoms with Gasteiger partial charge < -0.3 is 10.6 Å². The third-order valence-electron chi connectivity index (χ3n) is 8.13. The van der Waals surface area contributed by atoms with Crippen molar-refractivity contribution in [3.8, 4) is 0 Å². The molecule has 0 aliphatic heterocycles. The quantitative estimate of drug-likeness (QED) is 0.239. The molecule has 42 heavy (non-hydrogen) atoms. The standard InChI is InChI=1S/C29H34F5N5O2S/c1-16(2)20-8-12-42-26(20)27(41)38-25(18-5-9-28(30,31)10-6-18)21-15-39-22(36-21)13-19(14-35-39)24(17-3-4-17)37-23(40)7-11-29(32,33)34/h8,12-18,24-25H,3-7,9-11H2,1-2H3,(H,37,40)(H,38,41)/t24-,25+/m1/s1. The molecule has 3 aromatic rings. The van der Waals surface area contributed by atoms with Crippen molar-refractivity contribution in [3.05, 3.63) is 51.6 Å². The van der Waals surface area contributed by atoms with Crippen LogP contribution >= 0.6 is 11.3 Å². The molecule has 0 saturated heterocycles. The lowest BCUT2D eigenvalue weighted by Gasteiger charge is -2.33. The van der Waals surface area contributed by atoms with E-state index in [-0.39, 0.29) is 49.3 Å². The van der Waals surface area contributed by atoms with Crippen molar-refractivity contribution in [1.29, 1.82) is 0 Å². The van der Waals surface area contributed by atoms with E-state index in [0.717, 1.165) is 18.4 Å². The molecule has 0 unspecified atom stereocenters. The van der Waals surface area contributed by atoms with Crippen molar-refractivity contribution < 1.29 is 31.5 Å². The molecule has 2 N–H and O–H groups in total. The van der Waals surface area contributed by atoms with Gasteiger partial charge in [0, 0.05) is 19.3 Å². The Hall–Kier alpha value is -3.09. The molecule has 5 rings (SSSR count). The molecule has 3 aromatic heterocycles. The Balaban J connectivity index is 1.40. The summed E-state index contributed by atoms with van der Waals surface area (Å²) in [6, 6.07) is 2.53. The number of nitrogens with zero attached hydrogens (tertiary/aromatic N) is 3. The van der Waals surface area contributed by atoms with Crippen LogP contribution in [0.3, 0.4) is 0 Å². The van der Waals surface area contributed by atoms with Gasteiger partial charge in [0.05, 0.1) is 41.5 Å². The monoisotopic (exact) mass is 611 g/mol. The first-order valence-electron chi connectivity index (χ1n) is 14.3. The number of carbonyl (C=O) groups excluding carboxylic acids is 2. The summed E-state index contributed by atoms with van der Waals surface area (Å²) in [7, 11) is 0. The molecule has 0 spiro atoms. The number of hydrogen-bond acceptors (Lipinski definition) is 5. The van der Waals surface area contributed by atoms with Crippen molar-refractivity contribution in [2.45, 2.75) is 95.3 Å². The van der Waals surface area contributed by atoms with Crippen LogP contribution < -0.4 is 10.6 Å². The summed E-state index contributed by atoms with van der Waals surface area (Å²) in [6.45, 7) is 4.00. The molecule has 0 aromatic carbocycles. The minimum absolute atomic E-state index is 0.0930. The van der Waals surface area contributed by atoms with Crippen molar-refractivity contribution >= 4 is 28.8 Å². The van der Waals surface area contributed by atoms with Gasteiger partial charge in [-0.3, -0.25) is 9.59 Å². The van der Waals surface area contributed by atoms with Crippen molar-refractivity contribution in [3.63, 3.8) is 0 Å². The second-order valence-corrected chi connectivity index (χ2v) is 12.7. The molecule has 2 aliphatic rings. The minimum atomic E-state index is -4.42. The Morgan fingerprint density at radius 3 is 2.43 bits per heavy atom. The van der Waals surface area contributed by atoms with Crippen LogP contribution in [0, 0.1) is 11.8 Å². The molecule has 0 bridgehead atoms. The predicted molar refractivity (Wildman–Crippen MR) is 147 cm³/mol.